The van der Waals surface area contributed by atoms with Crippen LogP contribution in [0.5, 0.6) is 0 Å². The number of amides is 1. The Kier molecular flexibility index (Phi) is 5.65. The maximum Gasteiger partial charge on any atom is 0.239 e. The van der Waals surface area contributed by atoms with Gasteiger partial charge >= 0.3 is 0 Å². The first-order valence-electron chi connectivity index (χ1n) is 7.48. The predicted octanol–water partition coefficient (Wildman–Crippen LogP) is 2.66. The largest absolute Gasteiger partial charge is 0.365 e. The molecule has 1 amide bonds. The molecule has 1 fully saturated rings. The minimum absolute atomic E-state index is 0.102. The smallest absolute Gasteiger partial charge is 0.239 e. The van der Waals surface area contributed by atoms with Crippen molar-refractivity contribution in [3.63, 3.8) is 0 Å². The molecule has 2 rings (SSSR count). The summed E-state index contributed by atoms with van der Waals surface area (Å²) in [6.07, 6.45) is 2.24. The summed E-state index contributed by atoms with van der Waals surface area (Å²) in [5.74, 6) is 0.102. The quantitative estimate of drug-likeness (QED) is 0.791. The van der Waals surface area contributed by atoms with Crippen LogP contribution in [0.15, 0.2) is 22.7 Å². The van der Waals surface area contributed by atoms with E-state index in [1.54, 1.807) is 0 Å². The first kappa shape index (κ1) is 16.3. The van der Waals surface area contributed by atoms with Gasteiger partial charge in [-0.05, 0) is 36.6 Å². The van der Waals surface area contributed by atoms with Crippen LogP contribution in [0.25, 0.3) is 0 Å². The van der Waals surface area contributed by atoms with Crippen LogP contribution in [0.1, 0.15) is 32.3 Å². The standard InChI is InChI=1S/C16H24BrN3O/c1-11(2)18-9-12-8-13(17)4-7-15(12)20(3)10-16(21)19-14-5-6-14/h4,7-8,11,14,18H,5-6,9-10H2,1-3H3,(H,19,21). The summed E-state index contributed by atoms with van der Waals surface area (Å²) in [4.78, 5) is 14.0. The molecule has 1 aromatic carbocycles. The molecular formula is C16H24BrN3O. The second-order valence-electron chi connectivity index (χ2n) is 6.01. The van der Waals surface area contributed by atoms with E-state index in [0.717, 1.165) is 29.5 Å². The van der Waals surface area contributed by atoms with E-state index in [-0.39, 0.29) is 5.91 Å². The number of nitrogens with one attached hydrogen (secondary N) is 2. The van der Waals surface area contributed by atoms with E-state index in [1.807, 2.05) is 18.0 Å². The van der Waals surface area contributed by atoms with Gasteiger partial charge in [-0.1, -0.05) is 29.8 Å². The van der Waals surface area contributed by atoms with Crippen molar-refractivity contribution in [2.45, 2.75) is 45.3 Å². The van der Waals surface area contributed by atoms with Crippen LogP contribution in [0.4, 0.5) is 5.69 Å². The van der Waals surface area contributed by atoms with Crippen LogP contribution < -0.4 is 15.5 Å². The van der Waals surface area contributed by atoms with Crippen molar-refractivity contribution in [3.05, 3.63) is 28.2 Å². The molecule has 0 saturated heterocycles. The van der Waals surface area contributed by atoms with Gasteiger partial charge in [0.25, 0.3) is 0 Å². The second-order valence-corrected chi connectivity index (χ2v) is 6.92. The number of rotatable bonds is 7. The Morgan fingerprint density at radius 1 is 1.43 bits per heavy atom. The van der Waals surface area contributed by atoms with Gasteiger partial charge < -0.3 is 15.5 Å². The Morgan fingerprint density at radius 2 is 2.14 bits per heavy atom. The number of carbonyl (C=O) groups excluding carboxylic acids is 1. The number of hydrogen-bond acceptors (Lipinski definition) is 3. The van der Waals surface area contributed by atoms with Crippen molar-refractivity contribution in [2.75, 3.05) is 18.5 Å². The second kappa shape index (κ2) is 7.27. The fourth-order valence-electron chi connectivity index (χ4n) is 2.18. The maximum absolute atomic E-state index is 11.9. The minimum Gasteiger partial charge on any atom is -0.365 e. The van der Waals surface area contributed by atoms with Gasteiger partial charge in [0, 0.05) is 35.8 Å². The topological polar surface area (TPSA) is 44.4 Å². The number of halogens is 1. The van der Waals surface area contributed by atoms with Gasteiger partial charge in [-0.2, -0.15) is 0 Å². The average molecular weight is 354 g/mol. The zero-order chi connectivity index (χ0) is 15.4. The van der Waals surface area contributed by atoms with Crippen LogP contribution in [0, 0.1) is 0 Å². The van der Waals surface area contributed by atoms with Crippen molar-refractivity contribution >= 4 is 27.5 Å². The van der Waals surface area contributed by atoms with Gasteiger partial charge in [-0.3, -0.25) is 4.79 Å². The molecule has 1 saturated carbocycles. The number of likely N-dealkylation sites (N-methyl/N-ethyl adjacent to an activating group) is 1. The Bertz CT molecular complexity index is 500. The molecule has 0 heterocycles. The van der Waals surface area contributed by atoms with Crippen molar-refractivity contribution in [1.82, 2.24) is 10.6 Å². The third-order valence-electron chi connectivity index (χ3n) is 3.48. The monoisotopic (exact) mass is 353 g/mol. The van der Waals surface area contributed by atoms with Crippen LogP contribution in [0.3, 0.4) is 0 Å². The van der Waals surface area contributed by atoms with E-state index in [9.17, 15) is 4.79 Å². The van der Waals surface area contributed by atoms with Crippen LogP contribution in [-0.2, 0) is 11.3 Å². The molecule has 1 aliphatic carbocycles. The van der Waals surface area contributed by atoms with E-state index in [4.69, 9.17) is 0 Å². The van der Waals surface area contributed by atoms with Gasteiger partial charge in [0.2, 0.25) is 5.91 Å². The molecule has 0 unspecified atom stereocenters. The molecule has 2 N–H and O–H groups in total. The molecule has 0 atom stereocenters. The lowest BCUT2D eigenvalue weighted by molar-refractivity contribution is -0.119. The van der Waals surface area contributed by atoms with Crippen molar-refractivity contribution in [2.24, 2.45) is 0 Å². The molecule has 0 radical (unpaired) electrons. The highest BCUT2D eigenvalue weighted by Crippen LogP contribution is 2.24. The van der Waals surface area contributed by atoms with Gasteiger partial charge in [0.1, 0.15) is 0 Å². The summed E-state index contributed by atoms with van der Waals surface area (Å²) in [5, 5.41) is 6.46. The molecule has 0 aliphatic heterocycles. The van der Waals surface area contributed by atoms with E-state index in [1.165, 1.54) is 5.56 Å². The molecule has 1 aromatic rings. The Labute approximate surface area is 135 Å². The number of hydrogen-bond donors (Lipinski definition) is 2. The number of anilines is 1. The number of carbonyl (C=O) groups is 1. The van der Waals surface area contributed by atoms with Gasteiger partial charge in [-0.25, -0.2) is 0 Å². The molecule has 1 aliphatic rings. The lowest BCUT2D eigenvalue weighted by atomic mass is 10.1. The Morgan fingerprint density at radius 3 is 2.76 bits per heavy atom. The SMILES string of the molecule is CC(C)NCc1cc(Br)ccc1N(C)CC(=O)NC1CC1. The number of benzene rings is 1. The Balaban J connectivity index is 2.03. The maximum atomic E-state index is 11.9. The van der Waals surface area contributed by atoms with Crippen LogP contribution >= 0.6 is 15.9 Å². The summed E-state index contributed by atoms with van der Waals surface area (Å²) < 4.78 is 1.06. The molecule has 0 bridgehead atoms. The van der Waals surface area contributed by atoms with E-state index in [2.05, 4.69) is 52.5 Å². The zero-order valence-corrected chi connectivity index (χ0v) is 14.5. The molecule has 116 valence electrons. The molecule has 0 aromatic heterocycles. The summed E-state index contributed by atoms with van der Waals surface area (Å²) >= 11 is 3.52. The van der Waals surface area contributed by atoms with Crippen molar-refractivity contribution in [1.29, 1.82) is 0 Å². The number of nitrogens with zero attached hydrogens (tertiary/aromatic N) is 1. The zero-order valence-electron chi connectivity index (χ0n) is 12.9. The molecule has 21 heavy (non-hydrogen) atoms. The first-order chi connectivity index (χ1) is 9.95. The summed E-state index contributed by atoms with van der Waals surface area (Å²) in [5.41, 5.74) is 2.29. The first-order valence-corrected chi connectivity index (χ1v) is 8.27. The average Bonchev–Trinajstić information content (AvgIpc) is 3.19. The highest BCUT2D eigenvalue weighted by molar-refractivity contribution is 9.10. The third kappa shape index (κ3) is 5.32. The van der Waals surface area contributed by atoms with E-state index >= 15 is 0 Å². The lowest BCUT2D eigenvalue weighted by Gasteiger charge is -2.23. The summed E-state index contributed by atoms with van der Waals surface area (Å²) in [6.45, 7) is 5.45. The molecule has 0 spiro atoms. The van der Waals surface area contributed by atoms with E-state index < -0.39 is 0 Å². The van der Waals surface area contributed by atoms with Gasteiger partial charge in [0.05, 0.1) is 6.54 Å². The highest BCUT2D eigenvalue weighted by atomic mass is 79.9. The molecular weight excluding hydrogens is 330 g/mol. The van der Waals surface area contributed by atoms with Crippen LogP contribution in [-0.4, -0.2) is 31.6 Å². The van der Waals surface area contributed by atoms with Gasteiger partial charge in [-0.15, -0.1) is 0 Å². The van der Waals surface area contributed by atoms with E-state index in [0.29, 0.717) is 18.6 Å². The normalized spacial score (nSPS) is 14.3. The van der Waals surface area contributed by atoms with Crippen LogP contribution in [0.2, 0.25) is 0 Å². The fourth-order valence-corrected chi connectivity index (χ4v) is 2.59. The summed E-state index contributed by atoms with van der Waals surface area (Å²) in [6, 6.07) is 7.04. The van der Waals surface area contributed by atoms with Gasteiger partial charge in [0.15, 0.2) is 0 Å². The lowest BCUT2D eigenvalue weighted by Crippen LogP contribution is -2.36. The third-order valence-corrected chi connectivity index (χ3v) is 3.97. The minimum atomic E-state index is 0.102. The highest BCUT2D eigenvalue weighted by Gasteiger charge is 2.23. The molecule has 4 nitrogen and oxygen atoms in total. The van der Waals surface area contributed by atoms with Crippen molar-refractivity contribution < 1.29 is 4.79 Å². The molecule has 5 heteroatoms. The predicted molar refractivity (Wildman–Crippen MR) is 90.6 cm³/mol. The Hall–Kier alpha value is -1.07. The van der Waals surface area contributed by atoms with Crippen molar-refractivity contribution in [3.8, 4) is 0 Å². The summed E-state index contributed by atoms with van der Waals surface area (Å²) in [7, 11) is 1.97. The fraction of sp³-hybridized carbons (Fsp3) is 0.562.